The maximum atomic E-state index is 13.6. The Bertz CT molecular complexity index is 1300. The van der Waals surface area contributed by atoms with Crippen LogP contribution in [-0.4, -0.2) is 71.3 Å². The van der Waals surface area contributed by atoms with Crippen molar-refractivity contribution in [3.8, 4) is 0 Å². The van der Waals surface area contributed by atoms with E-state index in [0.29, 0.717) is 30.9 Å². The van der Waals surface area contributed by atoms with Gasteiger partial charge in [-0.25, -0.2) is 4.98 Å². The van der Waals surface area contributed by atoms with Gasteiger partial charge in [0.1, 0.15) is 6.54 Å². The molecule has 2 heterocycles. The number of imidazole rings is 1. The van der Waals surface area contributed by atoms with E-state index < -0.39 is 8.32 Å². The van der Waals surface area contributed by atoms with Gasteiger partial charge in [0.05, 0.1) is 11.0 Å². The number of amides is 2. The van der Waals surface area contributed by atoms with Gasteiger partial charge in [0.2, 0.25) is 5.91 Å². The molecular formula is C31H46N4O3Si. The molecule has 39 heavy (non-hydrogen) atoms. The number of piperazine rings is 1. The number of allylic oxidation sites excluding steroid dienone is 1. The molecule has 1 saturated heterocycles. The van der Waals surface area contributed by atoms with Gasteiger partial charge in [0.25, 0.3) is 5.91 Å². The van der Waals surface area contributed by atoms with Crippen LogP contribution in [0, 0.1) is 0 Å². The van der Waals surface area contributed by atoms with Crippen LogP contribution in [-0.2, 0) is 16.3 Å². The van der Waals surface area contributed by atoms with Crippen molar-refractivity contribution in [2.24, 2.45) is 7.05 Å². The lowest BCUT2D eigenvalue weighted by molar-refractivity contribution is -0.138. The number of rotatable bonds is 6. The summed E-state index contributed by atoms with van der Waals surface area (Å²) >= 11 is 0. The molecule has 1 aromatic carbocycles. The zero-order chi connectivity index (χ0) is 28.3. The summed E-state index contributed by atoms with van der Waals surface area (Å²) in [5.74, 6) is 0.862. The second kappa shape index (κ2) is 10.2. The minimum absolute atomic E-state index is 0.0424. The van der Waals surface area contributed by atoms with Crippen LogP contribution in [0.4, 0.5) is 0 Å². The minimum atomic E-state index is -1.79. The third kappa shape index (κ3) is 5.47. The first-order valence-corrected chi connectivity index (χ1v) is 17.6. The van der Waals surface area contributed by atoms with E-state index >= 15 is 0 Å². The van der Waals surface area contributed by atoms with Gasteiger partial charge in [-0.3, -0.25) is 9.59 Å². The van der Waals surface area contributed by atoms with Crippen LogP contribution in [0.15, 0.2) is 18.7 Å². The maximum Gasteiger partial charge on any atom is 0.290 e. The summed E-state index contributed by atoms with van der Waals surface area (Å²) in [5.41, 5.74) is 5.04. The predicted molar refractivity (Wildman–Crippen MR) is 159 cm³/mol. The lowest BCUT2D eigenvalue weighted by atomic mass is 9.91. The van der Waals surface area contributed by atoms with Crippen molar-refractivity contribution in [2.75, 3.05) is 19.6 Å². The fourth-order valence-electron chi connectivity index (χ4n) is 5.93. The van der Waals surface area contributed by atoms with E-state index in [1.165, 1.54) is 18.4 Å². The smallest absolute Gasteiger partial charge is 0.290 e. The molecule has 1 aromatic heterocycles. The molecule has 0 unspecified atom stereocenters. The van der Waals surface area contributed by atoms with E-state index in [9.17, 15) is 9.59 Å². The van der Waals surface area contributed by atoms with Crippen molar-refractivity contribution in [1.82, 2.24) is 19.4 Å². The topological polar surface area (TPSA) is 67.7 Å². The zero-order valence-electron chi connectivity index (χ0n) is 25.0. The average Bonchev–Trinajstić information content (AvgIpc) is 3.66. The number of aromatic nitrogens is 2. The summed E-state index contributed by atoms with van der Waals surface area (Å²) < 4.78 is 8.55. The van der Waals surface area contributed by atoms with Gasteiger partial charge in [-0.15, -0.1) is 0 Å². The summed E-state index contributed by atoms with van der Waals surface area (Å²) in [7, 11) is 0.115. The van der Waals surface area contributed by atoms with Crippen molar-refractivity contribution >= 4 is 36.7 Å². The quantitative estimate of drug-likeness (QED) is 0.408. The highest BCUT2D eigenvalue weighted by molar-refractivity contribution is 6.74. The molecule has 2 aromatic rings. The summed E-state index contributed by atoms with van der Waals surface area (Å²) in [6.07, 6.45) is 6.65. The number of carbonyl (C=O) groups excluding carboxylic acids is 2. The van der Waals surface area contributed by atoms with Gasteiger partial charge in [-0.05, 0) is 92.8 Å². The van der Waals surface area contributed by atoms with E-state index in [2.05, 4.69) is 52.6 Å². The molecule has 8 heteroatoms. The summed E-state index contributed by atoms with van der Waals surface area (Å²) in [4.78, 5) is 35.4. The van der Waals surface area contributed by atoms with E-state index in [4.69, 9.17) is 9.41 Å². The second-order valence-corrected chi connectivity index (χ2v) is 18.4. The fourth-order valence-corrected chi connectivity index (χ4v) is 7.36. The summed E-state index contributed by atoms with van der Waals surface area (Å²) in [5, 5.41) is 0.202. The Labute approximate surface area is 234 Å². The van der Waals surface area contributed by atoms with Crippen LogP contribution in [0.3, 0.4) is 0 Å². The molecule has 3 aliphatic rings. The average molecular weight is 551 g/mol. The van der Waals surface area contributed by atoms with E-state index in [0.717, 1.165) is 47.9 Å². The van der Waals surface area contributed by atoms with E-state index in [1.54, 1.807) is 4.90 Å². The van der Waals surface area contributed by atoms with Crippen LogP contribution in [0.5, 0.6) is 0 Å². The first-order chi connectivity index (χ1) is 18.3. The van der Waals surface area contributed by atoms with Gasteiger partial charge >= 0.3 is 0 Å². The summed E-state index contributed by atoms with van der Waals surface area (Å²) in [6, 6.07) is 4.61. The Hall–Kier alpha value is -2.45. The molecule has 212 valence electrons. The Morgan fingerprint density at radius 2 is 1.74 bits per heavy atom. The molecule has 0 radical (unpaired) electrons. The Balaban J connectivity index is 1.24. The molecule has 5 rings (SSSR count). The number of carbonyl (C=O) groups is 2. The predicted octanol–water partition coefficient (Wildman–Crippen LogP) is 6.10. The van der Waals surface area contributed by atoms with Gasteiger partial charge < -0.3 is 18.8 Å². The van der Waals surface area contributed by atoms with Crippen molar-refractivity contribution in [2.45, 2.75) is 102 Å². The molecule has 0 atom stereocenters. The van der Waals surface area contributed by atoms with Gasteiger partial charge in [0.15, 0.2) is 14.1 Å². The lowest BCUT2D eigenvalue weighted by Crippen LogP contribution is -2.56. The highest BCUT2D eigenvalue weighted by atomic mass is 28.4. The SMILES string of the molecule is C=C(C)c1cc(C2CC2)cc2c1nc(C(=O)N1CCN(C3CCC(O[Si](C)(C)C(C)(C)C)CC3)C(=O)C1)n2C. The van der Waals surface area contributed by atoms with Crippen molar-refractivity contribution < 1.29 is 14.0 Å². The molecule has 0 N–H and O–H groups in total. The highest BCUT2D eigenvalue weighted by Crippen LogP contribution is 2.43. The first-order valence-electron chi connectivity index (χ1n) is 14.7. The number of nitrogens with zero attached hydrogens (tertiary/aromatic N) is 4. The molecule has 2 saturated carbocycles. The first kappa shape index (κ1) is 28.1. The van der Waals surface area contributed by atoms with Crippen molar-refractivity contribution in [3.05, 3.63) is 35.7 Å². The molecule has 7 nitrogen and oxygen atoms in total. The minimum Gasteiger partial charge on any atom is -0.414 e. The Morgan fingerprint density at radius 3 is 2.31 bits per heavy atom. The van der Waals surface area contributed by atoms with Gasteiger partial charge in [0, 0.05) is 37.8 Å². The fraction of sp³-hybridized carbons (Fsp3) is 0.645. The van der Waals surface area contributed by atoms with Gasteiger partial charge in [-0.2, -0.15) is 0 Å². The molecule has 0 bridgehead atoms. The molecular weight excluding hydrogens is 504 g/mol. The Morgan fingerprint density at radius 1 is 1.08 bits per heavy atom. The number of aryl methyl sites for hydroxylation is 1. The van der Waals surface area contributed by atoms with Crippen LogP contribution in [0.25, 0.3) is 16.6 Å². The monoisotopic (exact) mass is 550 g/mol. The molecule has 2 aliphatic carbocycles. The normalized spacial score (nSPS) is 23.0. The number of hydrogen-bond donors (Lipinski definition) is 0. The largest absolute Gasteiger partial charge is 0.414 e. The lowest BCUT2D eigenvalue weighted by Gasteiger charge is -2.44. The van der Waals surface area contributed by atoms with E-state index in [1.807, 2.05) is 23.4 Å². The second-order valence-electron chi connectivity index (χ2n) is 13.6. The van der Waals surface area contributed by atoms with E-state index in [-0.39, 0.29) is 29.4 Å². The third-order valence-electron chi connectivity index (χ3n) is 9.61. The van der Waals surface area contributed by atoms with Crippen molar-refractivity contribution in [3.63, 3.8) is 0 Å². The third-order valence-corrected chi connectivity index (χ3v) is 14.1. The molecule has 2 amide bonds. The van der Waals surface area contributed by atoms with Gasteiger partial charge in [-0.1, -0.05) is 27.4 Å². The standard InChI is InChI=1S/C31H46N4O3Si/c1-20(2)25-17-22(21-9-10-21)18-26-28(25)32-29(33(26)6)30(37)34-15-16-35(27(36)19-34)23-11-13-24(14-12-23)38-39(7,8)31(3,4)5/h17-18,21,23-24H,1,9-16,19H2,2-8H3. The number of benzene rings is 1. The zero-order valence-corrected chi connectivity index (χ0v) is 26.0. The van der Waals surface area contributed by atoms with Crippen LogP contribution in [0.2, 0.25) is 18.1 Å². The molecule has 1 aliphatic heterocycles. The maximum absolute atomic E-state index is 13.6. The highest BCUT2D eigenvalue weighted by Gasteiger charge is 2.41. The summed E-state index contributed by atoms with van der Waals surface area (Å²) in [6.45, 7) is 18.9. The van der Waals surface area contributed by atoms with Crippen LogP contribution < -0.4 is 0 Å². The molecule has 3 fully saturated rings. The van der Waals surface area contributed by atoms with Crippen LogP contribution >= 0.6 is 0 Å². The number of hydrogen-bond acceptors (Lipinski definition) is 4. The Kier molecular flexibility index (Phi) is 7.33. The van der Waals surface area contributed by atoms with Crippen LogP contribution in [0.1, 0.15) is 93.9 Å². The molecule has 0 spiro atoms. The number of fused-ring (bicyclic) bond motifs is 1. The van der Waals surface area contributed by atoms with Crippen molar-refractivity contribution in [1.29, 1.82) is 0 Å².